The molecule has 1 fully saturated rings. The van der Waals surface area contributed by atoms with Gasteiger partial charge >= 0.3 is 6.18 Å². The normalized spacial score (nSPS) is 20.6. The van der Waals surface area contributed by atoms with Gasteiger partial charge in [0.1, 0.15) is 10.9 Å². The Morgan fingerprint density at radius 2 is 2.07 bits per heavy atom. The number of alkyl halides is 3. The van der Waals surface area contributed by atoms with Gasteiger partial charge in [-0.3, -0.25) is 14.7 Å². The molecule has 0 unspecified atom stereocenters. The number of pyridine rings is 1. The minimum atomic E-state index is -4.88. The molecule has 4 nitrogen and oxygen atoms in total. The molecule has 0 aromatic carbocycles. The van der Waals surface area contributed by atoms with Gasteiger partial charge in [-0.05, 0) is 57.4 Å². The first kappa shape index (κ1) is 21.5. The molecule has 1 aliphatic heterocycles. The molecule has 1 aliphatic rings. The molecule has 0 radical (unpaired) electrons. The maximum Gasteiger partial charge on any atom is 0.450 e. The van der Waals surface area contributed by atoms with Gasteiger partial charge < -0.3 is 0 Å². The summed E-state index contributed by atoms with van der Waals surface area (Å²) in [5.74, 6) is -1.65. The van der Waals surface area contributed by atoms with Gasteiger partial charge in [0.15, 0.2) is 0 Å². The highest BCUT2D eigenvalue weighted by Crippen LogP contribution is 2.45. The topological polar surface area (TPSA) is 57.0 Å². The number of aryl methyl sites for hydroxylation is 1. The molecule has 0 spiro atoms. The monoisotopic (exact) mass is 421 g/mol. The molecule has 0 bridgehead atoms. The average molecular weight is 421 g/mol. The van der Waals surface area contributed by atoms with E-state index in [1.54, 1.807) is 24.4 Å². The Morgan fingerprint density at radius 1 is 1.31 bits per heavy atom. The third kappa shape index (κ3) is 4.36. The standard InChI is InChI=1S/C21H22F3N3OS/c1-19(2,17-5-3-4-11-26-17)27-12-10-20(14-27,18(28)21(22,23)24)9-8-15-6-7-16(13-25)29-15/h3-7,11H,8-10,12,14H2,1-2H3/t20-/m1/s1. The Morgan fingerprint density at radius 3 is 2.66 bits per heavy atom. The number of ketones is 1. The smallest absolute Gasteiger partial charge is 0.292 e. The van der Waals surface area contributed by atoms with Crippen LogP contribution >= 0.6 is 11.3 Å². The van der Waals surface area contributed by atoms with Gasteiger partial charge in [0.25, 0.3) is 0 Å². The van der Waals surface area contributed by atoms with Gasteiger partial charge in [-0.15, -0.1) is 11.3 Å². The first-order chi connectivity index (χ1) is 13.6. The number of aromatic nitrogens is 1. The van der Waals surface area contributed by atoms with Crippen LogP contribution in [-0.2, 0) is 16.8 Å². The van der Waals surface area contributed by atoms with E-state index in [2.05, 4.69) is 4.98 Å². The highest BCUT2D eigenvalue weighted by Gasteiger charge is 2.56. The van der Waals surface area contributed by atoms with Gasteiger partial charge in [-0.25, -0.2) is 0 Å². The van der Waals surface area contributed by atoms with Crippen LogP contribution in [0.3, 0.4) is 0 Å². The number of carbonyl (C=O) groups excluding carboxylic acids is 1. The summed E-state index contributed by atoms with van der Waals surface area (Å²) >= 11 is 1.26. The fourth-order valence-electron chi connectivity index (χ4n) is 3.97. The Labute approximate surface area is 172 Å². The van der Waals surface area contributed by atoms with Gasteiger partial charge in [0, 0.05) is 24.2 Å². The molecule has 0 amide bonds. The van der Waals surface area contributed by atoms with Crippen LogP contribution in [0.15, 0.2) is 36.5 Å². The van der Waals surface area contributed by atoms with E-state index in [-0.39, 0.29) is 19.4 Å². The zero-order valence-electron chi connectivity index (χ0n) is 16.3. The third-order valence-corrected chi connectivity index (χ3v) is 6.85. The first-order valence-electron chi connectivity index (χ1n) is 9.35. The van der Waals surface area contributed by atoms with E-state index in [1.165, 1.54) is 11.3 Å². The molecule has 1 saturated heterocycles. The minimum Gasteiger partial charge on any atom is -0.292 e. The van der Waals surface area contributed by atoms with Crippen LogP contribution in [0.2, 0.25) is 0 Å². The molecule has 154 valence electrons. The van der Waals surface area contributed by atoms with Crippen LogP contribution in [0.1, 0.15) is 42.1 Å². The van der Waals surface area contributed by atoms with Crippen molar-refractivity contribution in [3.63, 3.8) is 0 Å². The van der Waals surface area contributed by atoms with Crippen molar-refractivity contribution >= 4 is 17.1 Å². The van der Waals surface area contributed by atoms with E-state index in [9.17, 15) is 18.0 Å². The van der Waals surface area contributed by atoms with Crippen LogP contribution in [0.25, 0.3) is 0 Å². The Kier molecular flexibility index (Phi) is 5.84. The van der Waals surface area contributed by atoms with Crippen molar-refractivity contribution in [2.75, 3.05) is 13.1 Å². The second kappa shape index (κ2) is 7.88. The van der Waals surface area contributed by atoms with Crippen molar-refractivity contribution in [1.82, 2.24) is 9.88 Å². The average Bonchev–Trinajstić information content (AvgIpc) is 3.34. The number of likely N-dealkylation sites (tertiary alicyclic amines) is 1. The van der Waals surface area contributed by atoms with E-state index < -0.39 is 22.9 Å². The number of halogens is 3. The van der Waals surface area contributed by atoms with Crippen LogP contribution in [-0.4, -0.2) is 34.9 Å². The number of hydrogen-bond acceptors (Lipinski definition) is 5. The lowest BCUT2D eigenvalue weighted by atomic mass is 9.77. The molecule has 2 aromatic rings. The van der Waals surface area contributed by atoms with E-state index in [1.807, 2.05) is 36.9 Å². The van der Waals surface area contributed by atoms with Crippen LogP contribution < -0.4 is 0 Å². The molecule has 29 heavy (non-hydrogen) atoms. The third-order valence-electron chi connectivity index (χ3n) is 5.80. The zero-order valence-corrected chi connectivity index (χ0v) is 17.1. The first-order valence-corrected chi connectivity index (χ1v) is 10.2. The fraction of sp³-hybridized carbons (Fsp3) is 0.476. The van der Waals surface area contributed by atoms with Crippen molar-refractivity contribution in [2.24, 2.45) is 5.41 Å². The number of nitrogens with zero attached hydrogens (tertiary/aromatic N) is 3. The highest BCUT2D eigenvalue weighted by atomic mass is 32.1. The number of hydrogen-bond donors (Lipinski definition) is 0. The van der Waals surface area contributed by atoms with Gasteiger partial charge in [-0.2, -0.15) is 18.4 Å². The highest BCUT2D eigenvalue weighted by molar-refractivity contribution is 7.12. The molecular formula is C21H22F3N3OS. The van der Waals surface area contributed by atoms with E-state index in [4.69, 9.17) is 5.26 Å². The van der Waals surface area contributed by atoms with Gasteiger partial charge in [0.05, 0.1) is 16.6 Å². The van der Waals surface area contributed by atoms with E-state index >= 15 is 0 Å². The van der Waals surface area contributed by atoms with Crippen molar-refractivity contribution in [2.45, 2.75) is 44.8 Å². The molecule has 8 heteroatoms. The molecule has 1 atom stereocenters. The summed E-state index contributed by atoms with van der Waals surface area (Å²) in [5.41, 5.74) is -1.32. The Hall–Kier alpha value is -2.24. The lowest BCUT2D eigenvalue weighted by molar-refractivity contribution is -0.182. The number of thiophene rings is 1. The van der Waals surface area contributed by atoms with Crippen molar-refractivity contribution in [3.8, 4) is 6.07 Å². The SMILES string of the molecule is CC(C)(c1ccccn1)N1CC[C@@](CCc2ccc(C#N)s2)(C(=O)C(F)(F)F)C1. The summed E-state index contributed by atoms with van der Waals surface area (Å²) in [7, 11) is 0. The molecule has 0 N–H and O–H groups in total. The molecule has 2 aromatic heterocycles. The quantitative estimate of drug-likeness (QED) is 0.678. The maximum atomic E-state index is 13.5. The number of rotatable bonds is 6. The van der Waals surface area contributed by atoms with Crippen LogP contribution in [0, 0.1) is 16.7 Å². The molecule has 0 aliphatic carbocycles. The molecule has 0 saturated carbocycles. The van der Waals surface area contributed by atoms with Crippen LogP contribution in [0.5, 0.6) is 0 Å². The Bertz CT molecular complexity index is 917. The lowest BCUT2D eigenvalue weighted by Crippen LogP contribution is -2.47. The second-order valence-electron chi connectivity index (χ2n) is 7.93. The van der Waals surface area contributed by atoms with E-state index in [0.29, 0.717) is 17.8 Å². The molecular weight excluding hydrogens is 399 g/mol. The number of carbonyl (C=O) groups is 1. The van der Waals surface area contributed by atoms with Gasteiger partial charge in [0.2, 0.25) is 5.78 Å². The molecule has 3 rings (SSSR count). The van der Waals surface area contributed by atoms with E-state index in [0.717, 1.165) is 10.6 Å². The predicted octanol–water partition coefficient (Wildman–Crippen LogP) is 4.71. The van der Waals surface area contributed by atoms with Crippen molar-refractivity contribution in [1.29, 1.82) is 5.26 Å². The molecule has 3 heterocycles. The number of nitriles is 1. The van der Waals surface area contributed by atoms with Crippen molar-refractivity contribution < 1.29 is 18.0 Å². The van der Waals surface area contributed by atoms with Crippen LogP contribution in [0.4, 0.5) is 13.2 Å². The fourth-order valence-corrected chi connectivity index (χ4v) is 4.78. The zero-order chi connectivity index (χ0) is 21.3. The summed E-state index contributed by atoms with van der Waals surface area (Å²) in [4.78, 5) is 20.1. The van der Waals surface area contributed by atoms with Gasteiger partial charge in [-0.1, -0.05) is 6.07 Å². The largest absolute Gasteiger partial charge is 0.450 e. The second-order valence-corrected chi connectivity index (χ2v) is 9.10. The number of Topliss-reactive ketones (excluding diaryl/α,β-unsaturated/α-hetero) is 1. The Balaban J connectivity index is 1.85. The predicted molar refractivity (Wildman–Crippen MR) is 104 cm³/mol. The summed E-state index contributed by atoms with van der Waals surface area (Å²) in [6.07, 6.45) is -2.63. The van der Waals surface area contributed by atoms with Crippen molar-refractivity contribution in [3.05, 3.63) is 52.0 Å². The minimum absolute atomic E-state index is 0.0331. The maximum absolute atomic E-state index is 13.5. The summed E-state index contributed by atoms with van der Waals surface area (Å²) in [5, 5.41) is 8.95. The summed E-state index contributed by atoms with van der Waals surface area (Å²) in [6.45, 7) is 4.26. The summed E-state index contributed by atoms with van der Waals surface area (Å²) in [6, 6.07) is 10.9. The summed E-state index contributed by atoms with van der Waals surface area (Å²) < 4.78 is 40.4. The lowest BCUT2D eigenvalue weighted by Gasteiger charge is -2.37.